The van der Waals surface area contributed by atoms with E-state index in [1.807, 2.05) is 53.4 Å². The van der Waals surface area contributed by atoms with Crippen LogP contribution in [0.1, 0.15) is 22.8 Å². The standard InChI is InChI=1S/C16H15NO/c1-12-11-14-9-5-6-10-15(14)17(12)16(18)13-7-3-2-4-8-13/h2-10,12H,11H2,1H3/t12-/m1/s1. The lowest BCUT2D eigenvalue weighted by molar-refractivity contribution is 0.0981. The molecule has 0 radical (unpaired) electrons. The van der Waals surface area contributed by atoms with Crippen LogP contribution in [0, 0.1) is 0 Å². The third kappa shape index (κ3) is 1.70. The fourth-order valence-electron chi connectivity index (χ4n) is 2.59. The summed E-state index contributed by atoms with van der Waals surface area (Å²) in [5.41, 5.74) is 3.06. The number of hydrogen-bond donors (Lipinski definition) is 0. The first-order valence-electron chi connectivity index (χ1n) is 6.24. The maximum atomic E-state index is 12.5. The summed E-state index contributed by atoms with van der Waals surface area (Å²) in [5.74, 6) is 0.0908. The van der Waals surface area contributed by atoms with Crippen molar-refractivity contribution in [1.29, 1.82) is 0 Å². The van der Waals surface area contributed by atoms with Crippen LogP contribution in [0.4, 0.5) is 5.69 Å². The number of anilines is 1. The number of rotatable bonds is 1. The minimum atomic E-state index is 0.0908. The lowest BCUT2D eigenvalue weighted by atomic mass is 10.1. The van der Waals surface area contributed by atoms with E-state index in [0.29, 0.717) is 0 Å². The Bertz CT molecular complexity index is 577. The van der Waals surface area contributed by atoms with Gasteiger partial charge in [-0.15, -0.1) is 0 Å². The minimum Gasteiger partial charge on any atom is -0.305 e. The van der Waals surface area contributed by atoms with E-state index < -0.39 is 0 Å². The maximum absolute atomic E-state index is 12.5. The van der Waals surface area contributed by atoms with Gasteiger partial charge in [-0.2, -0.15) is 0 Å². The number of hydrogen-bond acceptors (Lipinski definition) is 1. The average Bonchev–Trinajstić information content (AvgIpc) is 2.75. The van der Waals surface area contributed by atoms with Gasteiger partial charge in [0.1, 0.15) is 0 Å². The van der Waals surface area contributed by atoms with Crippen molar-refractivity contribution < 1.29 is 4.79 Å². The highest BCUT2D eigenvalue weighted by Gasteiger charge is 2.30. The molecule has 1 amide bonds. The second-order valence-corrected chi connectivity index (χ2v) is 4.72. The molecule has 2 aromatic rings. The molecule has 90 valence electrons. The fraction of sp³-hybridized carbons (Fsp3) is 0.188. The molecule has 0 saturated carbocycles. The number of carbonyl (C=O) groups excluding carboxylic acids is 1. The number of amides is 1. The van der Waals surface area contributed by atoms with Crippen LogP contribution >= 0.6 is 0 Å². The van der Waals surface area contributed by atoms with E-state index in [1.54, 1.807) is 0 Å². The largest absolute Gasteiger partial charge is 0.305 e. The Morgan fingerprint density at radius 2 is 1.72 bits per heavy atom. The van der Waals surface area contributed by atoms with Gasteiger partial charge in [-0.05, 0) is 37.1 Å². The molecule has 0 aliphatic carbocycles. The van der Waals surface area contributed by atoms with E-state index in [9.17, 15) is 4.79 Å². The van der Waals surface area contributed by atoms with Gasteiger partial charge >= 0.3 is 0 Å². The summed E-state index contributed by atoms with van der Waals surface area (Å²) >= 11 is 0. The van der Waals surface area contributed by atoms with E-state index in [0.717, 1.165) is 17.7 Å². The van der Waals surface area contributed by atoms with Gasteiger partial charge in [-0.1, -0.05) is 36.4 Å². The summed E-state index contributed by atoms with van der Waals surface area (Å²) in [4.78, 5) is 14.5. The van der Waals surface area contributed by atoms with Gasteiger partial charge in [0.05, 0.1) is 0 Å². The summed E-state index contributed by atoms with van der Waals surface area (Å²) in [5, 5.41) is 0. The molecule has 0 bridgehead atoms. The summed E-state index contributed by atoms with van der Waals surface area (Å²) < 4.78 is 0. The number of benzene rings is 2. The molecule has 1 atom stereocenters. The molecule has 18 heavy (non-hydrogen) atoms. The van der Waals surface area contributed by atoms with E-state index in [1.165, 1.54) is 5.56 Å². The molecule has 1 aliphatic rings. The molecular formula is C16H15NO. The van der Waals surface area contributed by atoms with Crippen molar-refractivity contribution in [1.82, 2.24) is 0 Å². The van der Waals surface area contributed by atoms with Crippen LogP contribution in [0.15, 0.2) is 54.6 Å². The number of para-hydroxylation sites is 1. The van der Waals surface area contributed by atoms with Crippen molar-refractivity contribution in [2.75, 3.05) is 4.90 Å². The summed E-state index contributed by atoms with van der Waals surface area (Å²) in [6, 6.07) is 17.9. The Hall–Kier alpha value is -2.09. The molecule has 0 saturated heterocycles. The molecule has 2 aromatic carbocycles. The van der Waals surface area contributed by atoms with E-state index in [-0.39, 0.29) is 11.9 Å². The molecule has 3 rings (SSSR count). The van der Waals surface area contributed by atoms with Crippen LogP contribution in [-0.2, 0) is 6.42 Å². The second kappa shape index (κ2) is 4.30. The van der Waals surface area contributed by atoms with Crippen LogP contribution < -0.4 is 4.90 Å². The van der Waals surface area contributed by atoms with Gasteiger partial charge in [-0.25, -0.2) is 0 Å². The quantitative estimate of drug-likeness (QED) is 0.745. The Morgan fingerprint density at radius 3 is 2.50 bits per heavy atom. The van der Waals surface area contributed by atoms with Gasteiger partial charge in [0.25, 0.3) is 5.91 Å². The molecule has 0 N–H and O–H groups in total. The summed E-state index contributed by atoms with van der Waals surface area (Å²) in [6.07, 6.45) is 0.939. The lowest BCUT2D eigenvalue weighted by Crippen LogP contribution is -2.35. The first-order valence-corrected chi connectivity index (χ1v) is 6.24. The SMILES string of the molecule is C[C@@H]1Cc2ccccc2N1C(=O)c1ccccc1. The van der Waals surface area contributed by atoms with Gasteiger partial charge in [-0.3, -0.25) is 4.79 Å². The molecule has 0 aromatic heterocycles. The highest BCUT2D eigenvalue weighted by molar-refractivity contribution is 6.07. The first kappa shape index (κ1) is 11.0. The Balaban J connectivity index is 2.00. The van der Waals surface area contributed by atoms with Gasteiger partial charge in [0, 0.05) is 17.3 Å². The lowest BCUT2D eigenvalue weighted by Gasteiger charge is -2.22. The van der Waals surface area contributed by atoms with E-state index >= 15 is 0 Å². The molecule has 0 spiro atoms. The zero-order valence-electron chi connectivity index (χ0n) is 10.3. The topological polar surface area (TPSA) is 20.3 Å². The van der Waals surface area contributed by atoms with Crippen molar-refractivity contribution in [3.05, 3.63) is 65.7 Å². The highest BCUT2D eigenvalue weighted by Crippen LogP contribution is 2.32. The van der Waals surface area contributed by atoms with E-state index in [4.69, 9.17) is 0 Å². The average molecular weight is 237 g/mol. The van der Waals surface area contributed by atoms with Crippen molar-refractivity contribution in [3.8, 4) is 0 Å². The molecule has 1 aliphatic heterocycles. The Labute approximate surface area is 107 Å². The molecule has 0 unspecified atom stereocenters. The zero-order chi connectivity index (χ0) is 12.5. The third-order valence-electron chi connectivity index (χ3n) is 3.45. The molecule has 2 heteroatoms. The number of fused-ring (bicyclic) bond motifs is 1. The van der Waals surface area contributed by atoms with Gasteiger partial charge < -0.3 is 4.90 Å². The molecule has 1 heterocycles. The highest BCUT2D eigenvalue weighted by atomic mass is 16.2. The third-order valence-corrected chi connectivity index (χ3v) is 3.45. The van der Waals surface area contributed by atoms with Crippen LogP contribution in [0.2, 0.25) is 0 Å². The summed E-state index contributed by atoms with van der Waals surface area (Å²) in [7, 11) is 0. The smallest absolute Gasteiger partial charge is 0.258 e. The van der Waals surface area contributed by atoms with Crippen molar-refractivity contribution >= 4 is 11.6 Å². The predicted molar refractivity (Wildman–Crippen MR) is 72.9 cm³/mol. The van der Waals surface area contributed by atoms with Crippen molar-refractivity contribution in [2.45, 2.75) is 19.4 Å². The van der Waals surface area contributed by atoms with Crippen LogP contribution in [0.3, 0.4) is 0 Å². The van der Waals surface area contributed by atoms with Crippen LogP contribution in [0.5, 0.6) is 0 Å². The number of carbonyl (C=O) groups is 1. The maximum Gasteiger partial charge on any atom is 0.258 e. The Morgan fingerprint density at radius 1 is 1.06 bits per heavy atom. The van der Waals surface area contributed by atoms with Crippen LogP contribution in [0.25, 0.3) is 0 Å². The predicted octanol–water partition coefficient (Wildman–Crippen LogP) is 3.28. The van der Waals surface area contributed by atoms with Gasteiger partial charge in [0.2, 0.25) is 0 Å². The molecule has 0 fully saturated rings. The molecular weight excluding hydrogens is 222 g/mol. The van der Waals surface area contributed by atoms with Gasteiger partial charge in [0.15, 0.2) is 0 Å². The zero-order valence-corrected chi connectivity index (χ0v) is 10.3. The fourth-order valence-corrected chi connectivity index (χ4v) is 2.59. The Kier molecular flexibility index (Phi) is 2.63. The minimum absolute atomic E-state index is 0.0908. The second-order valence-electron chi connectivity index (χ2n) is 4.72. The monoisotopic (exact) mass is 237 g/mol. The first-order chi connectivity index (χ1) is 8.77. The molecule has 2 nitrogen and oxygen atoms in total. The van der Waals surface area contributed by atoms with Crippen molar-refractivity contribution in [3.63, 3.8) is 0 Å². The normalized spacial score (nSPS) is 17.6. The van der Waals surface area contributed by atoms with E-state index in [2.05, 4.69) is 13.0 Å². The van der Waals surface area contributed by atoms with Crippen LogP contribution in [-0.4, -0.2) is 11.9 Å². The summed E-state index contributed by atoms with van der Waals surface area (Å²) in [6.45, 7) is 2.10. The number of nitrogens with zero attached hydrogens (tertiary/aromatic N) is 1. The van der Waals surface area contributed by atoms with Crippen molar-refractivity contribution in [2.24, 2.45) is 0 Å².